The Morgan fingerprint density at radius 3 is 2.95 bits per heavy atom. The molecular formula is C15H18N4. The van der Waals surface area contributed by atoms with E-state index in [1.54, 1.807) is 6.33 Å². The fraction of sp³-hybridized carbons (Fsp3) is 0.400. The number of pyridine rings is 1. The van der Waals surface area contributed by atoms with Crippen LogP contribution in [0.1, 0.15) is 18.5 Å². The molecule has 4 nitrogen and oxygen atoms in total. The van der Waals surface area contributed by atoms with Crippen LogP contribution >= 0.6 is 0 Å². The summed E-state index contributed by atoms with van der Waals surface area (Å²) in [5, 5.41) is 0. The van der Waals surface area contributed by atoms with Crippen LogP contribution in [0.3, 0.4) is 0 Å². The Kier molecular flexibility index (Phi) is 3.68. The molecule has 1 saturated heterocycles. The molecule has 2 aromatic rings. The van der Waals surface area contributed by atoms with Crippen molar-refractivity contribution >= 4 is 5.82 Å². The molecule has 0 unspecified atom stereocenters. The third-order valence-corrected chi connectivity index (χ3v) is 3.63. The second kappa shape index (κ2) is 5.78. The molecule has 98 valence electrons. The van der Waals surface area contributed by atoms with Gasteiger partial charge in [0, 0.05) is 31.2 Å². The lowest BCUT2D eigenvalue weighted by Crippen LogP contribution is -2.36. The molecule has 2 aromatic heterocycles. The standard InChI is InChI=1S/C15H18N4/c1-2-7-17-14(5-1)10-13-4-3-9-19(11-13)15-6-8-16-12-18-15/h1-2,5-8,12-13H,3-4,9-11H2/t13-/m0/s1. The van der Waals surface area contributed by atoms with Crippen molar-refractivity contribution in [1.82, 2.24) is 15.0 Å². The first-order valence-electron chi connectivity index (χ1n) is 6.83. The monoisotopic (exact) mass is 254 g/mol. The molecule has 0 N–H and O–H groups in total. The van der Waals surface area contributed by atoms with Gasteiger partial charge < -0.3 is 4.90 Å². The van der Waals surface area contributed by atoms with Gasteiger partial charge in [-0.2, -0.15) is 0 Å². The van der Waals surface area contributed by atoms with E-state index in [0.717, 1.165) is 25.3 Å². The zero-order chi connectivity index (χ0) is 12.9. The van der Waals surface area contributed by atoms with Gasteiger partial charge in [-0.15, -0.1) is 0 Å². The maximum Gasteiger partial charge on any atom is 0.131 e. The Morgan fingerprint density at radius 1 is 1.16 bits per heavy atom. The van der Waals surface area contributed by atoms with E-state index in [0.29, 0.717) is 5.92 Å². The van der Waals surface area contributed by atoms with Crippen molar-refractivity contribution in [3.05, 3.63) is 48.7 Å². The lowest BCUT2D eigenvalue weighted by molar-refractivity contribution is 0.408. The van der Waals surface area contributed by atoms with Gasteiger partial charge in [0.2, 0.25) is 0 Å². The Labute approximate surface area is 113 Å². The average molecular weight is 254 g/mol. The summed E-state index contributed by atoms with van der Waals surface area (Å²) in [5.41, 5.74) is 1.19. The summed E-state index contributed by atoms with van der Waals surface area (Å²) in [5.74, 6) is 1.71. The summed E-state index contributed by atoms with van der Waals surface area (Å²) in [6.45, 7) is 2.16. The van der Waals surface area contributed by atoms with Crippen molar-refractivity contribution in [1.29, 1.82) is 0 Å². The number of anilines is 1. The van der Waals surface area contributed by atoms with Crippen molar-refractivity contribution in [3.8, 4) is 0 Å². The quantitative estimate of drug-likeness (QED) is 0.843. The highest BCUT2D eigenvalue weighted by molar-refractivity contribution is 5.37. The highest BCUT2D eigenvalue weighted by atomic mass is 15.2. The molecule has 3 heterocycles. The Morgan fingerprint density at radius 2 is 2.16 bits per heavy atom. The summed E-state index contributed by atoms with van der Waals surface area (Å²) in [7, 11) is 0. The lowest BCUT2D eigenvalue weighted by Gasteiger charge is -2.33. The predicted octanol–water partition coefficient (Wildman–Crippen LogP) is 2.33. The number of aromatic nitrogens is 3. The van der Waals surface area contributed by atoms with E-state index in [2.05, 4.69) is 32.0 Å². The molecule has 0 saturated carbocycles. The number of rotatable bonds is 3. The highest BCUT2D eigenvalue weighted by Crippen LogP contribution is 2.23. The van der Waals surface area contributed by atoms with Gasteiger partial charge >= 0.3 is 0 Å². The zero-order valence-electron chi connectivity index (χ0n) is 10.9. The van der Waals surface area contributed by atoms with E-state index in [1.807, 2.05) is 24.5 Å². The molecule has 19 heavy (non-hydrogen) atoms. The summed E-state index contributed by atoms with van der Waals surface area (Å²) in [6, 6.07) is 8.14. The van der Waals surface area contributed by atoms with Gasteiger partial charge in [-0.25, -0.2) is 9.97 Å². The van der Waals surface area contributed by atoms with Gasteiger partial charge in [0.05, 0.1) is 0 Å². The maximum absolute atomic E-state index is 4.43. The first-order chi connectivity index (χ1) is 9.42. The lowest BCUT2D eigenvalue weighted by atomic mass is 9.93. The molecule has 0 amide bonds. The van der Waals surface area contributed by atoms with Crippen LogP contribution in [0.15, 0.2) is 43.0 Å². The normalized spacial score (nSPS) is 19.4. The molecular weight excluding hydrogens is 236 g/mol. The average Bonchev–Trinajstić information content (AvgIpc) is 2.49. The van der Waals surface area contributed by atoms with E-state index in [-0.39, 0.29) is 0 Å². The molecule has 1 aliphatic heterocycles. The summed E-state index contributed by atoms with van der Waals surface area (Å²) in [6.07, 6.45) is 8.87. The fourth-order valence-corrected chi connectivity index (χ4v) is 2.73. The van der Waals surface area contributed by atoms with Crippen LogP contribution in [0, 0.1) is 5.92 Å². The van der Waals surface area contributed by atoms with Crippen molar-refractivity contribution in [2.75, 3.05) is 18.0 Å². The minimum Gasteiger partial charge on any atom is -0.356 e. The van der Waals surface area contributed by atoms with Crippen molar-refractivity contribution in [2.45, 2.75) is 19.3 Å². The molecule has 3 rings (SSSR count). The van der Waals surface area contributed by atoms with Crippen molar-refractivity contribution in [2.24, 2.45) is 5.92 Å². The Balaban J connectivity index is 1.65. The molecule has 1 fully saturated rings. The maximum atomic E-state index is 4.43. The third kappa shape index (κ3) is 3.08. The van der Waals surface area contributed by atoms with Gasteiger partial charge in [0.25, 0.3) is 0 Å². The van der Waals surface area contributed by atoms with Gasteiger partial charge in [-0.1, -0.05) is 6.07 Å². The van der Waals surface area contributed by atoms with E-state index in [1.165, 1.54) is 18.5 Å². The first-order valence-corrected chi connectivity index (χ1v) is 6.83. The first kappa shape index (κ1) is 12.1. The molecule has 0 aliphatic carbocycles. The van der Waals surface area contributed by atoms with Crippen LogP contribution in [0.4, 0.5) is 5.82 Å². The Hall–Kier alpha value is -1.97. The highest BCUT2D eigenvalue weighted by Gasteiger charge is 2.21. The van der Waals surface area contributed by atoms with Gasteiger partial charge in [-0.05, 0) is 43.4 Å². The number of hydrogen-bond donors (Lipinski definition) is 0. The Bertz CT molecular complexity index is 500. The second-order valence-corrected chi connectivity index (χ2v) is 5.05. The van der Waals surface area contributed by atoms with Crippen LogP contribution < -0.4 is 4.90 Å². The van der Waals surface area contributed by atoms with Crippen LogP contribution in [0.25, 0.3) is 0 Å². The minimum atomic E-state index is 0.665. The smallest absolute Gasteiger partial charge is 0.131 e. The van der Waals surface area contributed by atoms with Crippen molar-refractivity contribution in [3.63, 3.8) is 0 Å². The largest absolute Gasteiger partial charge is 0.356 e. The topological polar surface area (TPSA) is 41.9 Å². The molecule has 0 aromatic carbocycles. The van der Waals surface area contributed by atoms with E-state index >= 15 is 0 Å². The predicted molar refractivity (Wildman–Crippen MR) is 74.9 cm³/mol. The summed E-state index contributed by atoms with van der Waals surface area (Å²) < 4.78 is 0. The SMILES string of the molecule is c1ccc(C[C@@H]2CCCN(c3ccncn3)C2)nc1. The van der Waals surface area contributed by atoms with Gasteiger partial charge in [-0.3, -0.25) is 4.98 Å². The van der Waals surface area contributed by atoms with E-state index in [9.17, 15) is 0 Å². The summed E-state index contributed by atoms with van der Waals surface area (Å²) in [4.78, 5) is 15.1. The number of hydrogen-bond acceptors (Lipinski definition) is 4. The molecule has 4 heteroatoms. The molecule has 1 aliphatic rings. The van der Waals surface area contributed by atoms with Crippen LogP contribution in [0.2, 0.25) is 0 Å². The van der Waals surface area contributed by atoms with Gasteiger partial charge in [0.1, 0.15) is 12.1 Å². The summed E-state index contributed by atoms with van der Waals surface area (Å²) >= 11 is 0. The second-order valence-electron chi connectivity index (χ2n) is 5.05. The van der Waals surface area contributed by atoms with E-state index in [4.69, 9.17) is 0 Å². The van der Waals surface area contributed by atoms with Crippen LogP contribution in [0.5, 0.6) is 0 Å². The van der Waals surface area contributed by atoms with Crippen LogP contribution in [-0.4, -0.2) is 28.0 Å². The third-order valence-electron chi connectivity index (χ3n) is 3.63. The number of nitrogens with zero attached hydrogens (tertiary/aromatic N) is 4. The zero-order valence-corrected chi connectivity index (χ0v) is 10.9. The number of piperidine rings is 1. The fourth-order valence-electron chi connectivity index (χ4n) is 2.73. The van der Waals surface area contributed by atoms with Crippen molar-refractivity contribution < 1.29 is 0 Å². The van der Waals surface area contributed by atoms with Crippen LogP contribution in [-0.2, 0) is 6.42 Å². The van der Waals surface area contributed by atoms with E-state index < -0.39 is 0 Å². The molecule has 0 spiro atoms. The minimum absolute atomic E-state index is 0.665. The molecule has 0 radical (unpaired) electrons. The molecule has 1 atom stereocenters. The van der Waals surface area contributed by atoms with Gasteiger partial charge in [0.15, 0.2) is 0 Å². The molecule has 0 bridgehead atoms.